The van der Waals surface area contributed by atoms with E-state index >= 15 is 0 Å². The van der Waals surface area contributed by atoms with Crippen molar-refractivity contribution in [2.45, 2.75) is 19.3 Å². The van der Waals surface area contributed by atoms with Gasteiger partial charge in [-0.05, 0) is 146 Å². The average Bonchev–Trinajstić information content (AvgIpc) is 3.59. The van der Waals surface area contributed by atoms with Crippen molar-refractivity contribution in [3.05, 3.63) is 205 Å². The first-order valence-corrected chi connectivity index (χ1v) is 20.1. The molecule has 0 saturated heterocycles. The standard InChI is InChI=1S/C57H38/c1-57(2)49-30-29-39(34-48(49)45-25-11-21-37-22-14-28-50(57)52(37)45)41-31-40(35-15-5-3-6-16-35)32-42(33-41)54-44-24-10-9-23-43(44)53(38-17-7-4-8-18-38)55-46-26-12-19-36-20-13-27-47(51(36)46)56(54)55/h3-34H,1-2H3. The van der Waals surface area contributed by atoms with Gasteiger partial charge in [0.25, 0.3) is 0 Å². The van der Waals surface area contributed by atoms with E-state index in [-0.39, 0.29) is 5.41 Å². The third-order valence-electron chi connectivity index (χ3n) is 12.9. The molecule has 0 heteroatoms. The van der Waals surface area contributed by atoms with E-state index in [9.17, 15) is 0 Å². The number of rotatable bonds is 4. The minimum Gasteiger partial charge on any atom is -0.0622 e. The fourth-order valence-electron chi connectivity index (χ4n) is 10.4. The van der Waals surface area contributed by atoms with Crippen molar-refractivity contribution in [1.29, 1.82) is 0 Å². The predicted octanol–water partition coefficient (Wildman–Crippen LogP) is 15.8. The van der Waals surface area contributed by atoms with Crippen molar-refractivity contribution in [2.75, 3.05) is 0 Å². The van der Waals surface area contributed by atoms with Crippen LogP contribution in [0.3, 0.4) is 0 Å². The quantitative estimate of drug-likeness (QED) is 0.170. The van der Waals surface area contributed by atoms with E-state index < -0.39 is 0 Å². The van der Waals surface area contributed by atoms with E-state index in [1.807, 2.05) is 0 Å². The smallest absolute Gasteiger partial charge is 0.0159 e. The molecule has 0 radical (unpaired) electrons. The maximum Gasteiger partial charge on any atom is 0.0159 e. The van der Waals surface area contributed by atoms with Gasteiger partial charge in [0.1, 0.15) is 0 Å². The number of hydrogen-bond acceptors (Lipinski definition) is 0. The van der Waals surface area contributed by atoms with Crippen molar-refractivity contribution in [1.82, 2.24) is 0 Å². The molecule has 2 aliphatic carbocycles. The molecule has 0 N–H and O–H groups in total. The lowest BCUT2D eigenvalue weighted by Crippen LogP contribution is -2.23. The molecule has 0 nitrogen and oxygen atoms in total. The summed E-state index contributed by atoms with van der Waals surface area (Å²) in [4.78, 5) is 0. The van der Waals surface area contributed by atoms with Crippen LogP contribution in [0.1, 0.15) is 25.0 Å². The zero-order chi connectivity index (χ0) is 37.8. The number of hydrogen-bond donors (Lipinski definition) is 0. The fraction of sp³-hybridized carbons (Fsp3) is 0.0526. The maximum absolute atomic E-state index is 2.47. The van der Waals surface area contributed by atoms with Gasteiger partial charge in [-0.3, -0.25) is 0 Å². The topological polar surface area (TPSA) is 0 Å². The third-order valence-corrected chi connectivity index (χ3v) is 12.9. The van der Waals surface area contributed by atoms with Crippen LogP contribution in [-0.4, -0.2) is 0 Å². The van der Waals surface area contributed by atoms with E-state index in [1.54, 1.807) is 0 Å². The Hall–Kier alpha value is -7.02. The van der Waals surface area contributed by atoms with Gasteiger partial charge in [0.2, 0.25) is 0 Å². The predicted molar refractivity (Wildman–Crippen MR) is 243 cm³/mol. The van der Waals surface area contributed by atoms with Gasteiger partial charge < -0.3 is 0 Å². The summed E-state index contributed by atoms with van der Waals surface area (Å²) in [7, 11) is 0. The largest absolute Gasteiger partial charge is 0.0622 e. The highest BCUT2D eigenvalue weighted by Gasteiger charge is 2.34. The van der Waals surface area contributed by atoms with Gasteiger partial charge in [-0.25, -0.2) is 0 Å². The summed E-state index contributed by atoms with van der Waals surface area (Å²) in [6, 6.07) is 72.8. The molecule has 0 fully saturated rings. The van der Waals surface area contributed by atoms with Crippen LogP contribution < -0.4 is 0 Å². The summed E-state index contributed by atoms with van der Waals surface area (Å²) in [5, 5.41) is 7.85. The Morgan fingerprint density at radius 3 is 1.44 bits per heavy atom. The lowest BCUT2D eigenvalue weighted by molar-refractivity contribution is 0.645. The van der Waals surface area contributed by atoms with Crippen LogP contribution in [-0.2, 0) is 5.41 Å². The van der Waals surface area contributed by atoms with E-state index in [0.717, 1.165) is 0 Å². The van der Waals surface area contributed by atoms with Gasteiger partial charge in [0, 0.05) is 5.41 Å². The molecule has 12 rings (SSSR count). The molecule has 0 aromatic heterocycles. The Morgan fingerprint density at radius 2 is 0.789 bits per heavy atom. The molecular weight excluding hydrogens is 685 g/mol. The Balaban J connectivity index is 1.18. The molecule has 0 saturated carbocycles. The second-order valence-corrected chi connectivity index (χ2v) is 16.4. The van der Waals surface area contributed by atoms with Gasteiger partial charge in [0.05, 0.1) is 0 Å². The molecule has 10 aromatic carbocycles. The number of fused-ring (bicyclic) bond motifs is 6. The van der Waals surface area contributed by atoms with Crippen LogP contribution in [0, 0.1) is 0 Å². The normalized spacial score (nSPS) is 13.2. The van der Waals surface area contributed by atoms with Gasteiger partial charge in [-0.2, -0.15) is 0 Å². The van der Waals surface area contributed by atoms with Crippen LogP contribution in [0.2, 0.25) is 0 Å². The first-order chi connectivity index (χ1) is 28.0. The van der Waals surface area contributed by atoms with Crippen LogP contribution in [0.5, 0.6) is 0 Å². The Bertz CT molecular complexity index is 3280. The summed E-state index contributed by atoms with van der Waals surface area (Å²) in [5.74, 6) is 0. The lowest BCUT2D eigenvalue weighted by Gasteiger charge is -2.35. The van der Waals surface area contributed by atoms with Crippen LogP contribution in [0.25, 0.3) is 110 Å². The van der Waals surface area contributed by atoms with Crippen molar-refractivity contribution >= 4 is 32.3 Å². The van der Waals surface area contributed by atoms with Crippen molar-refractivity contribution in [3.63, 3.8) is 0 Å². The fourth-order valence-corrected chi connectivity index (χ4v) is 10.4. The van der Waals surface area contributed by atoms with E-state index in [1.165, 1.54) is 121 Å². The van der Waals surface area contributed by atoms with Gasteiger partial charge >= 0.3 is 0 Å². The molecule has 0 unspecified atom stereocenters. The van der Waals surface area contributed by atoms with E-state index in [0.29, 0.717) is 0 Å². The van der Waals surface area contributed by atoms with Crippen molar-refractivity contribution < 1.29 is 0 Å². The zero-order valence-electron chi connectivity index (χ0n) is 32.0. The van der Waals surface area contributed by atoms with Gasteiger partial charge in [-0.1, -0.05) is 184 Å². The first-order valence-electron chi connectivity index (χ1n) is 20.1. The summed E-state index contributed by atoms with van der Waals surface area (Å²) >= 11 is 0. The maximum atomic E-state index is 2.47. The molecule has 0 spiro atoms. The highest BCUT2D eigenvalue weighted by molar-refractivity contribution is 6.27. The Morgan fingerprint density at radius 1 is 0.281 bits per heavy atom. The molecular formula is C57H38. The minimum absolute atomic E-state index is 0.116. The van der Waals surface area contributed by atoms with Crippen LogP contribution >= 0.6 is 0 Å². The SMILES string of the molecule is CC1(C)c2ccc(-c3cc(-c4ccccc4)cc(-c4c5c(c(-c6ccccc6)c6ccccc46)-c4cccc6cccc-5c46)c3)cc2-c2cccc3cccc1c23. The van der Waals surface area contributed by atoms with Crippen LogP contribution in [0.15, 0.2) is 194 Å². The van der Waals surface area contributed by atoms with Gasteiger partial charge in [0.15, 0.2) is 0 Å². The van der Waals surface area contributed by atoms with Crippen molar-refractivity contribution in [3.8, 4) is 77.9 Å². The molecule has 266 valence electrons. The highest BCUT2D eigenvalue weighted by atomic mass is 14.4. The second-order valence-electron chi connectivity index (χ2n) is 16.4. The summed E-state index contributed by atoms with van der Waals surface area (Å²) in [5.41, 5.74) is 20.5. The summed E-state index contributed by atoms with van der Waals surface area (Å²) in [6.07, 6.45) is 0. The third kappa shape index (κ3) is 4.62. The van der Waals surface area contributed by atoms with Crippen molar-refractivity contribution in [2.24, 2.45) is 0 Å². The molecule has 0 amide bonds. The monoisotopic (exact) mass is 722 g/mol. The minimum atomic E-state index is -0.116. The molecule has 2 aliphatic rings. The second kappa shape index (κ2) is 12.0. The molecule has 0 atom stereocenters. The van der Waals surface area contributed by atoms with Crippen LogP contribution in [0.4, 0.5) is 0 Å². The zero-order valence-corrected chi connectivity index (χ0v) is 32.0. The molecule has 0 bridgehead atoms. The molecule has 57 heavy (non-hydrogen) atoms. The highest BCUT2D eigenvalue weighted by Crippen LogP contribution is 2.58. The molecule has 0 heterocycles. The average molecular weight is 723 g/mol. The molecule has 10 aromatic rings. The van der Waals surface area contributed by atoms with Gasteiger partial charge in [-0.15, -0.1) is 0 Å². The Kier molecular flexibility index (Phi) is 6.78. The van der Waals surface area contributed by atoms with E-state index in [2.05, 4.69) is 208 Å². The first kappa shape index (κ1) is 32.2. The number of benzene rings is 10. The van der Waals surface area contributed by atoms with E-state index in [4.69, 9.17) is 0 Å². The Labute approximate surface area is 333 Å². The molecule has 0 aliphatic heterocycles. The summed E-state index contributed by atoms with van der Waals surface area (Å²) in [6.45, 7) is 4.77. The lowest BCUT2D eigenvalue weighted by atomic mass is 9.68. The summed E-state index contributed by atoms with van der Waals surface area (Å²) < 4.78 is 0.